The zero-order valence-corrected chi connectivity index (χ0v) is 25.0. The molecule has 18 N–H and O–H groups in total. The van der Waals surface area contributed by atoms with Gasteiger partial charge in [0.2, 0.25) is 0 Å². The van der Waals surface area contributed by atoms with E-state index in [0.717, 1.165) is 0 Å². The van der Waals surface area contributed by atoms with Gasteiger partial charge in [0.15, 0.2) is 18.9 Å². The van der Waals surface area contributed by atoms with E-state index in [1.54, 1.807) is 0 Å². The Morgan fingerprint density at radius 1 is 0.578 bits per heavy atom. The number of nitrogens with two attached hydrogens (primary N) is 6. The van der Waals surface area contributed by atoms with Crippen molar-refractivity contribution in [1.29, 1.82) is 0 Å². The van der Waals surface area contributed by atoms with Crippen LogP contribution in [0.3, 0.4) is 0 Å². The Morgan fingerprint density at radius 3 is 1.84 bits per heavy atom. The normalized spacial score (nSPS) is 55.8. The van der Waals surface area contributed by atoms with Crippen LogP contribution in [0.15, 0.2) is 0 Å². The zero-order valence-electron chi connectivity index (χ0n) is 25.0. The molecule has 0 radical (unpaired) electrons. The molecule has 4 heterocycles. The Kier molecular flexibility index (Phi) is 11.4. The third kappa shape index (κ3) is 6.90. The Morgan fingerprint density at radius 2 is 1.18 bits per heavy atom. The molecule has 19 heteroatoms. The van der Waals surface area contributed by atoms with Crippen molar-refractivity contribution >= 4 is 0 Å². The van der Waals surface area contributed by atoms with Crippen LogP contribution < -0.4 is 34.4 Å². The molecule has 1 aliphatic carbocycles. The Bertz CT molecular complexity index is 978. The van der Waals surface area contributed by atoms with Crippen molar-refractivity contribution in [3.05, 3.63) is 0 Å². The van der Waals surface area contributed by atoms with Crippen LogP contribution in [-0.2, 0) is 33.2 Å². The molecule has 19 nitrogen and oxygen atoms in total. The minimum Gasteiger partial charge on any atom is -0.394 e. The van der Waals surface area contributed by atoms with Gasteiger partial charge in [-0.1, -0.05) is 0 Å². The predicted octanol–water partition coefficient (Wildman–Crippen LogP) is -7.71. The van der Waals surface area contributed by atoms with E-state index in [1.165, 1.54) is 0 Å². The number of aliphatic hydroxyl groups is 6. The van der Waals surface area contributed by atoms with Crippen LogP contribution in [0.4, 0.5) is 0 Å². The molecule has 0 amide bonds. The summed E-state index contributed by atoms with van der Waals surface area (Å²) in [6, 6.07) is -4.46. The fraction of sp³-hybridized carbons (Fsp3) is 1.00. The first kappa shape index (κ1) is 35.5. The Balaban J connectivity index is 1.30. The molecule has 45 heavy (non-hydrogen) atoms. The Labute approximate surface area is 259 Å². The van der Waals surface area contributed by atoms with E-state index < -0.39 is 129 Å². The summed E-state index contributed by atoms with van der Waals surface area (Å²) < 4.78 is 41.4. The van der Waals surface area contributed by atoms with E-state index >= 15 is 0 Å². The van der Waals surface area contributed by atoms with Crippen LogP contribution in [0.2, 0.25) is 0 Å². The van der Waals surface area contributed by atoms with Gasteiger partial charge in [0, 0.05) is 24.7 Å². The molecule has 4 aliphatic heterocycles. The van der Waals surface area contributed by atoms with Gasteiger partial charge in [0.25, 0.3) is 0 Å². The summed E-state index contributed by atoms with van der Waals surface area (Å²) in [6.45, 7) is 1.05. The van der Waals surface area contributed by atoms with Gasteiger partial charge in [-0.05, 0) is 19.8 Å². The average Bonchev–Trinajstić information content (AvgIpc) is 3.30. The molecule has 0 spiro atoms. The molecular weight excluding hydrogens is 604 g/mol. The smallest absolute Gasteiger partial charge is 0.187 e. The highest BCUT2D eigenvalue weighted by molar-refractivity contribution is 5.04. The molecule has 21 atom stereocenters. The molecule has 0 aromatic carbocycles. The SMILES string of the molecule is CC1CC(N)C2O[C@H](O[C@@H]3C(N)C[C@@H](N)C(O)[C@H]3O[C@@H]3O[C@H](CO)[C@H](O[C@H]4O[C@@H](CN)[C@@H](O)C(O)C4N)C3O)C(N)[C@@H](O)[C@@H]2O1. The van der Waals surface area contributed by atoms with Gasteiger partial charge in [-0.2, -0.15) is 0 Å². The first-order chi connectivity index (χ1) is 21.3. The monoisotopic (exact) mass is 654 g/mol. The van der Waals surface area contributed by atoms with E-state index in [9.17, 15) is 30.6 Å². The lowest BCUT2D eigenvalue weighted by Crippen LogP contribution is -2.70. The topological polar surface area (TPSA) is 342 Å². The second kappa shape index (κ2) is 14.4. The molecule has 0 bridgehead atoms. The zero-order chi connectivity index (χ0) is 32.9. The number of rotatable bonds is 8. The van der Waals surface area contributed by atoms with Crippen LogP contribution in [-0.4, -0.2) is 172 Å². The van der Waals surface area contributed by atoms with Gasteiger partial charge < -0.3 is 98.2 Å². The average molecular weight is 655 g/mol. The van der Waals surface area contributed by atoms with Crippen LogP contribution >= 0.6 is 0 Å². The van der Waals surface area contributed by atoms with Crippen LogP contribution in [0.5, 0.6) is 0 Å². The van der Waals surface area contributed by atoms with Crippen molar-refractivity contribution in [3.63, 3.8) is 0 Å². The maximum absolute atomic E-state index is 11.2. The summed E-state index contributed by atoms with van der Waals surface area (Å²) in [6.07, 6.45) is -18.1. The minimum atomic E-state index is -1.59. The van der Waals surface area contributed by atoms with Crippen molar-refractivity contribution < 1.29 is 63.8 Å². The number of hydrogen-bond acceptors (Lipinski definition) is 19. The lowest BCUT2D eigenvalue weighted by atomic mass is 9.84. The van der Waals surface area contributed by atoms with E-state index in [2.05, 4.69) is 0 Å². The molecule has 1 saturated carbocycles. The second-order valence-electron chi connectivity index (χ2n) is 12.8. The number of fused-ring (bicyclic) bond motifs is 1. The van der Waals surface area contributed by atoms with Crippen molar-refractivity contribution in [2.75, 3.05) is 13.2 Å². The van der Waals surface area contributed by atoms with Gasteiger partial charge in [-0.15, -0.1) is 0 Å². The molecule has 4 saturated heterocycles. The summed E-state index contributed by atoms with van der Waals surface area (Å²) in [4.78, 5) is 0. The highest BCUT2D eigenvalue weighted by Crippen LogP contribution is 2.36. The highest BCUT2D eigenvalue weighted by atomic mass is 16.8. The summed E-state index contributed by atoms with van der Waals surface area (Å²) >= 11 is 0. The third-order valence-electron chi connectivity index (χ3n) is 9.47. The van der Waals surface area contributed by atoms with Crippen molar-refractivity contribution in [2.24, 2.45) is 34.4 Å². The quantitative estimate of drug-likeness (QED) is 0.116. The first-order valence-corrected chi connectivity index (χ1v) is 15.3. The van der Waals surface area contributed by atoms with Crippen molar-refractivity contribution in [1.82, 2.24) is 0 Å². The molecule has 5 rings (SSSR count). The summed E-state index contributed by atoms with van der Waals surface area (Å²) in [5.41, 5.74) is 36.8. The molecule has 262 valence electrons. The summed E-state index contributed by atoms with van der Waals surface area (Å²) in [5, 5.41) is 63.8. The maximum atomic E-state index is 11.2. The lowest BCUT2D eigenvalue weighted by molar-refractivity contribution is -0.323. The largest absolute Gasteiger partial charge is 0.394 e. The van der Waals surface area contributed by atoms with E-state index in [-0.39, 0.29) is 19.1 Å². The molecule has 9 unspecified atom stereocenters. The molecular formula is C26H50N6O13. The van der Waals surface area contributed by atoms with E-state index in [4.69, 9.17) is 67.6 Å². The molecule has 0 aromatic heterocycles. The summed E-state index contributed by atoms with van der Waals surface area (Å²) in [5.74, 6) is 0. The van der Waals surface area contributed by atoms with Gasteiger partial charge in [-0.3, -0.25) is 0 Å². The maximum Gasteiger partial charge on any atom is 0.187 e. The van der Waals surface area contributed by atoms with E-state index in [1.807, 2.05) is 6.92 Å². The standard InChI is InChI=1S/C26H50N6O13/c1-6-2-8(29)19-23(39-6)17(37)13(32)25(42-19)43-20-9(30)3-7(28)14(34)22(20)45-26-18(38)21(11(5-33)41-26)44-24-12(31)16(36)15(35)10(4-27)40-24/h6-26,33-38H,2-5,27-32H2,1H3/t6?,7-,8?,9?,10+,11-,12?,13?,14?,15-,16?,17-,18?,19?,20-,21+,22-,23+,24-,25-,26+/m1/s1. The first-order valence-electron chi connectivity index (χ1n) is 15.3. The van der Waals surface area contributed by atoms with Gasteiger partial charge in [0.1, 0.15) is 67.1 Å². The predicted molar refractivity (Wildman–Crippen MR) is 150 cm³/mol. The fourth-order valence-electron chi connectivity index (χ4n) is 6.84. The van der Waals surface area contributed by atoms with Crippen LogP contribution in [0, 0.1) is 0 Å². The number of aliphatic hydroxyl groups excluding tert-OH is 6. The van der Waals surface area contributed by atoms with Gasteiger partial charge in [-0.25, -0.2) is 0 Å². The van der Waals surface area contributed by atoms with Gasteiger partial charge in [0.05, 0.1) is 30.9 Å². The number of hydrogen-bond donors (Lipinski definition) is 12. The highest BCUT2D eigenvalue weighted by Gasteiger charge is 2.55. The van der Waals surface area contributed by atoms with Crippen LogP contribution in [0.25, 0.3) is 0 Å². The minimum absolute atomic E-state index is 0.120. The molecule has 5 aliphatic rings. The van der Waals surface area contributed by atoms with Crippen molar-refractivity contribution in [2.45, 2.75) is 148 Å². The number of ether oxygens (including phenoxy) is 7. The molecule has 0 aromatic rings. The fourth-order valence-corrected chi connectivity index (χ4v) is 6.84. The lowest BCUT2D eigenvalue weighted by Gasteiger charge is -2.51. The van der Waals surface area contributed by atoms with Gasteiger partial charge >= 0.3 is 0 Å². The van der Waals surface area contributed by atoms with Crippen molar-refractivity contribution in [3.8, 4) is 0 Å². The van der Waals surface area contributed by atoms with E-state index in [0.29, 0.717) is 6.42 Å². The Hall–Kier alpha value is -0.760. The second-order valence-corrected chi connectivity index (χ2v) is 12.8. The third-order valence-corrected chi connectivity index (χ3v) is 9.47. The summed E-state index contributed by atoms with van der Waals surface area (Å²) in [7, 11) is 0. The molecule has 5 fully saturated rings. The van der Waals surface area contributed by atoms with Crippen LogP contribution in [0.1, 0.15) is 19.8 Å².